The number of carbonyl (C=O) groups is 3. The number of ketones is 1. The summed E-state index contributed by atoms with van der Waals surface area (Å²) in [6.45, 7) is 5.52. The summed E-state index contributed by atoms with van der Waals surface area (Å²) in [4.78, 5) is 39.6. The van der Waals surface area contributed by atoms with Gasteiger partial charge in [0.05, 0.1) is 18.6 Å². The molecule has 1 fully saturated rings. The van der Waals surface area contributed by atoms with Crippen LogP contribution < -0.4 is 5.32 Å². The second-order valence-electron chi connectivity index (χ2n) is 9.50. The summed E-state index contributed by atoms with van der Waals surface area (Å²) in [5.41, 5.74) is 2.16. The van der Waals surface area contributed by atoms with Gasteiger partial charge in [0.1, 0.15) is 23.5 Å². The Bertz CT molecular complexity index is 1010. The molecular weight excluding hydrogens is 422 g/mol. The zero-order chi connectivity index (χ0) is 23.7. The Balaban J connectivity index is 1.74. The number of allylic oxidation sites excluding steroid dienone is 3. The molecule has 0 aromatic carbocycles. The number of dihydropyridines is 1. The molecule has 0 amide bonds. The molecular formula is C26H33NO6. The third kappa shape index (κ3) is 4.50. The average molecular weight is 456 g/mol. The van der Waals surface area contributed by atoms with Gasteiger partial charge in [-0.15, -0.1) is 0 Å². The number of furan rings is 1. The predicted octanol–water partition coefficient (Wildman–Crippen LogP) is 4.47. The van der Waals surface area contributed by atoms with Crippen LogP contribution in [0.2, 0.25) is 0 Å². The van der Waals surface area contributed by atoms with Crippen LogP contribution in [0.25, 0.3) is 0 Å². The number of hydrogen-bond donors (Lipinski definition) is 1. The molecule has 4 rings (SSSR count). The van der Waals surface area contributed by atoms with Crippen molar-refractivity contribution in [2.75, 3.05) is 7.11 Å². The summed E-state index contributed by atoms with van der Waals surface area (Å²) >= 11 is 0. The smallest absolute Gasteiger partial charge is 0.337 e. The summed E-state index contributed by atoms with van der Waals surface area (Å²) in [5, 5.41) is 3.29. The lowest BCUT2D eigenvalue weighted by atomic mass is 9.70. The van der Waals surface area contributed by atoms with E-state index in [1.807, 2.05) is 26.8 Å². The van der Waals surface area contributed by atoms with Gasteiger partial charge >= 0.3 is 11.9 Å². The van der Waals surface area contributed by atoms with Crippen molar-refractivity contribution < 1.29 is 28.3 Å². The van der Waals surface area contributed by atoms with Gasteiger partial charge in [0.15, 0.2) is 5.78 Å². The van der Waals surface area contributed by atoms with Crippen LogP contribution in [-0.2, 0) is 23.9 Å². The molecule has 0 spiro atoms. The van der Waals surface area contributed by atoms with Gasteiger partial charge < -0.3 is 19.2 Å². The van der Waals surface area contributed by atoms with E-state index in [0.29, 0.717) is 34.8 Å². The molecule has 1 aliphatic heterocycles. The lowest BCUT2D eigenvalue weighted by molar-refractivity contribution is -0.151. The fourth-order valence-electron chi connectivity index (χ4n) is 5.42. The first-order chi connectivity index (χ1) is 15.8. The summed E-state index contributed by atoms with van der Waals surface area (Å²) in [5.74, 6) is -1.98. The molecule has 7 nitrogen and oxygen atoms in total. The molecule has 1 aromatic rings. The maximum absolute atomic E-state index is 13.7. The Kier molecular flexibility index (Phi) is 6.77. The second-order valence-corrected chi connectivity index (χ2v) is 9.50. The standard InChI is InChI=1S/C26H33NO6/c1-14-13-18-22(24(28)20(14)25(29)31-4)23(19-12-11-15(2)32-19)21(16(3)27-18)26(30)33-17-9-7-5-6-8-10-17/h11-12,14,17,20,23,27H,5-10,13H2,1-4H3/t14-,20-,23-/m0/s1. The van der Waals surface area contributed by atoms with Gasteiger partial charge in [-0.25, -0.2) is 4.79 Å². The molecule has 2 heterocycles. The minimum atomic E-state index is -0.911. The fourth-order valence-corrected chi connectivity index (χ4v) is 5.42. The van der Waals surface area contributed by atoms with Crippen LogP contribution in [0.5, 0.6) is 0 Å². The van der Waals surface area contributed by atoms with Gasteiger partial charge in [0.25, 0.3) is 0 Å². The average Bonchev–Trinajstić information content (AvgIpc) is 3.03. The van der Waals surface area contributed by atoms with E-state index in [1.165, 1.54) is 7.11 Å². The van der Waals surface area contributed by atoms with Crippen molar-refractivity contribution in [2.45, 2.75) is 77.7 Å². The molecule has 7 heteroatoms. The lowest BCUT2D eigenvalue weighted by Crippen LogP contribution is -2.43. The van der Waals surface area contributed by atoms with E-state index in [1.54, 1.807) is 6.07 Å². The number of nitrogens with one attached hydrogen (secondary N) is 1. The highest BCUT2D eigenvalue weighted by Gasteiger charge is 2.48. The molecule has 1 saturated carbocycles. The third-order valence-corrected chi connectivity index (χ3v) is 7.08. The highest BCUT2D eigenvalue weighted by Crippen LogP contribution is 2.46. The van der Waals surface area contributed by atoms with E-state index in [2.05, 4.69) is 5.32 Å². The van der Waals surface area contributed by atoms with Crippen molar-refractivity contribution in [3.05, 3.63) is 46.2 Å². The molecule has 0 radical (unpaired) electrons. The van der Waals surface area contributed by atoms with Crippen molar-refractivity contribution in [1.82, 2.24) is 5.32 Å². The summed E-state index contributed by atoms with van der Waals surface area (Å²) in [7, 11) is 1.29. The van der Waals surface area contributed by atoms with Crippen LogP contribution in [-0.4, -0.2) is 30.9 Å². The monoisotopic (exact) mass is 455 g/mol. The number of carbonyl (C=O) groups excluding carboxylic acids is 3. The van der Waals surface area contributed by atoms with E-state index in [-0.39, 0.29) is 17.8 Å². The van der Waals surface area contributed by atoms with Crippen molar-refractivity contribution in [1.29, 1.82) is 0 Å². The van der Waals surface area contributed by atoms with Crippen molar-refractivity contribution in [2.24, 2.45) is 11.8 Å². The second kappa shape index (κ2) is 9.57. The Morgan fingerprint density at radius 2 is 1.79 bits per heavy atom. The van der Waals surface area contributed by atoms with Gasteiger partial charge in [-0.1, -0.05) is 19.8 Å². The predicted molar refractivity (Wildman–Crippen MR) is 121 cm³/mol. The van der Waals surface area contributed by atoms with Crippen LogP contribution >= 0.6 is 0 Å². The molecule has 178 valence electrons. The fraction of sp³-hybridized carbons (Fsp3) is 0.577. The number of Topliss-reactive ketones (excluding diaryl/α,β-unsaturated/α-hetero) is 1. The third-order valence-electron chi connectivity index (χ3n) is 7.08. The number of aryl methyl sites for hydroxylation is 1. The summed E-state index contributed by atoms with van der Waals surface area (Å²) in [6.07, 6.45) is 6.48. The number of ether oxygens (including phenoxy) is 2. The maximum atomic E-state index is 13.7. The maximum Gasteiger partial charge on any atom is 0.337 e. The van der Waals surface area contributed by atoms with Crippen molar-refractivity contribution >= 4 is 17.7 Å². The summed E-state index contributed by atoms with van der Waals surface area (Å²) < 4.78 is 16.8. The van der Waals surface area contributed by atoms with E-state index in [0.717, 1.165) is 44.2 Å². The van der Waals surface area contributed by atoms with Crippen molar-refractivity contribution in [3.8, 4) is 0 Å². The first kappa shape index (κ1) is 23.3. The normalized spacial score (nSPS) is 26.4. The van der Waals surface area contributed by atoms with Crippen LogP contribution in [0.4, 0.5) is 0 Å². The largest absolute Gasteiger partial charge is 0.468 e. The van der Waals surface area contributed by atoms with E-state index in [4.69, 9.17) is 13.9 Å². The highest BCUT2D eigenvalue weighted by atomic mass is 16.5. The number of methoxy groups -OCH3 is 1. The van der Waals surface area contributed by atoms with Crippen LogP contribution in [0, 0.1) is 18.8 Å². The molecule has 0 unspecified atom stereocenters. The molecule has 3 aliphatic rings. The van der Waals surface area contributed by atoms with Gasteiger partial charge in [-0.3, -0.25) is 9.59 Å². The Morgan fingerprint density at radius 1 is 1.09 bits per heavy atom. The number of rotatable bonds is 4. The van der Waals surface area contributed by atoms with Gasteiger partial charge in [-0.05, 0) is 64.0 Å². The zero-order valence-corrected chi connectivity index (χ0v) is 19.9. The molecule has 2 aliphatic carbocycles. The Morgan fingerprint density at radius 3 is 2.39 bits per heavy atom. The molecule has 1 aromatic heterocycles. The van der Waals surface area contributed by atoms with Crippen LogP contribution in [0.1, 0.15) is 76.2 Å². The first-order valence-electron chi connectivity index (χ1n) is 11.9. The van der Waals surface area contributed by atoms with E-state index < -0.39 is 23.8 Å². The molecule has 0 bridgehead atoms. The first-order valence-corrected chi connectivity index (χ1v) is 11.9. The number of hydrogen-bond acceptors (Lipinski definition) is 7. The van der Waals surface area contributed by atoms with Crippen molar-refractivity contribution in [3.63, 3.8) is 0 Å². The van der Waals surface area contributed by atoms with Crippen LogP contribution in [0.3, 0.4) is 0 Å². The quantitative estimate of drug-likeness (QED) is 0.407. The minimum absolute atomic E-state index is 0.125. The minimum Gasteiger partial charge on any atom is -0.468 e. The SMILES string of the molecule is COC(=O)[C@@H]1C(=O)C2=C(C[C@@H]1C)NC(C)=C(C(=O)OC1CCCCCC1)[C@@H]2c1ccc(C)o1. The summed E-state index contributed by atoms with van der Waals surface area (Å²) in [6, 6.07) is 3.61. The van der Waals surface area contributed by atoms with E-state index in [9.17, 15) is 14.4 Å². The van der Waals surface area contributed by atoms with Crippen LogP contribution in [0.15, 0.2) is 39.1 Å². The number of esters is 2. The van der Waals surface area contributed by atoms with E-state index >= 15 is 0 Å². The molecule has 1 N–H and O–H groups in total. The highest BCUT2D eigenvalue weighted by molar-refractivity contribution is 6.12. The Hall–Kier alpha value is -2.83. The lowest BCUT2D eigenvalue weighted by Gasteiger charge is -2.37. The van der Waals surface area contributed by atoms with Gasteiger partial charge in [0.2, 0.25) is 0 Å². The zero-order valence-electron chi connectivity index (χ0n) is 19.9. The molecule has 3 atom stereocenters. The molecule has 33 heavy (non-hydrogen) atoms. The molecule has 0 saturated heterocycles. The van der Waals surface area contributed by atoms with Gasteiger partial charge in [0, 0.05) is 17.0 Å². The topological polar surface area (TPSA) is 94.8 Å². The van der Waals surface area contributed by atoms with Gasteiger partial charge in [-0.2, -0.15) is 0 Å². The Labute approximate surface area is 194 Å².